The number of likely N-dealkylation sites (tertiary alicyclic amines) is 1. The largest absolute Gasteiger partial charge is 0.497 e. The first-order chi connectivity index (χ1) is 13.6. The van der Waals surface area contributed by atoms with Crippen LogP contribution in [0.1, 0.15) is 29.1 Å². The van der Waals surface area contributed by atoms with Crippen molar-refractivity contribution in [1.82, 2.24) is 15.2 Å². The van der Waals surface area contributed by atoms with E-state index in [9.17, 15) is 4.79 Å². The van der Waals surface area contributed by atoms with Gasteiger partial charge in [-0.3, -0.25) is 9.69 Å². The average molecular weight is 404 g/mol. The van der Waals surface area contributed by atoms with Crippen molar-refractivity contribution in [2.45, 2.75) is 32.7 Å². The van der Waals surface area contributed by atoms with E-state index < -0.39 is 0 Å². The summed E-state index contributed by atoms with van der Waals surface area (Å²) in [6, 6.07) is 5.74. The molecule has 0 aliphatic carbocycles. The van der Waals surface area contributed by atoms with Crippen molar-refractivity contribution in [3.8, 4) is 11.5 Å². The fourth-order valence-corrected chi connectivity index (χ4v) is 4.21. The number of amides is 1. The van der Waals surface area contributed by atoms with Crippen LogP contribution in [0.15, 0.2) is 23.6 Å². The number of piperidine rings is 1. The fraction of sp³-hybridized carbons (Fsp3) is 0.524. The van der Waals surface area contributed by atoms with Crippen LogP contribution in [-0.2, 0) is 17.8 Å². The predicted molar refractivity (Wildman–Crippen MR) is 111 cm³/mol. The number of hydrogen-bond acceptors (Lipinski definition) is 6. The van der Waals surface area contributed by atoms with Crippen molar-refractivity contribution in [2.75, 3.05) is 33.9 Å². The van der Waals surface area contributed by atoms with Gasteiger partial charge in [0.1, 0.15) is 11.5 Å². The first-order valence-corrected chi connectivity index (χ1v) is 10.6. The quantitative estimate of drug-likeness (QED) is 0.734. The lowest BCUT2D eigenvalue weighted by Crippen LogP contribution is -2.40. The highest BCUT2D eigenvalue weighted by Gasteiger charge is 2.25. The van der Waals surface area contributed by atoms with Gasteiger partial charge in [-0.15, -0.1) is 11.3 Å². The summed E-state index contributed by atoms with van der Waals surface area (Å²) in [4.78, 5) is 19.5. The smallest absolute Gasteiger partial charge is 0.223 e. The highest BCUT2D eigenvalue weighted by Crippen LogP contribution is 2.24. The van der Waals surface area contributed by atoms with Crippen molar-refractivity contribution < 1.29 is 14.3 Å². The molecule has 1 fully saturated rings. The van der Waals surface area contributed by atoms with E-state index in [1.54, 1.807) is 25.6 Å². The summed E-state index contributed by atoms with van der Waals surface area (Å²) in [5.74, 6) is 1.87. The van der Waals surface area contributed by atoms with Gasteiger partial charge < -0.3 is 14.8 Å². The minimum absolute atomic E-state index is 0.0978. The SMILES string of the molecule is COc1ccc(OC)c(CCNC(=O)C2CCN(Cc3csc(C)n3)CC2)c1. The molecular weight excluding hydrogens is 374 g/mol. The van der Waals surface area contributed by atoms with Crippen LogP contribution in [0.25, 0.3) is 0 Å². The van der Waals surface area contributed by atoms with Crippen LogP contribution < -0.4 is 14.8 Å². The number of aromatic nitrogens is 1. The molecule has 0 bridgehead atoms. The minimum atomic E-state index is 0.0978. The highest BCUT2D eigenvalue weighted by atomic mass is 32.1. The van der Waals surface area contributed by atoms with Gasteiger partial charge in [-0.1, -0.05) is 0 Å². The highest BCUT2D eigenvalue weighted by molar-refractivity contribution is 7.09. The zero-order valence-electron chi connectivity index (χ0n) is 16.9. The topological polar surface area (TPSA) is 63.7 Å². The Labute approximate surface area is 170 Å². The number of rotatable bonds is 8. The molecule has 0 radical (unpaired) electrons. The third-order valence-electron chi connectivity index (χ3n) is 5.19. The number of nitrogens with zero attached hydrogens (tertiary/aromatic N) is 2. The molecule has 1 aliphatic rings. The number of methoxy groups -OCH3 is 2. The summed E-state index contributed by atoms with van der Waals surface area (Å²) in [6.45, 7) is 5.40. The van der Waals surface area contributed by atoms with E-state index >= 15 is 0 Å². The number of aryl methyl sites for hydroxylation is 1. The number of benzene rings is 1. The summed E-state index contributed by atoms with van der Waals surface area (Å²) >= 11 is 1.69. The molecule has 152 valence electrons. The lowest BCUT2D eigenvalue weighted by atomic mass is 9.95. The van der Waals surface area contributed by atoms with Gasteiger partial charge in [0.15, 0.2) is 0 Å². The van der Waals surface area contributed by atoms with Crippen molar-refractivity contribution in [3.63, 3.8) is 0 Å². The second kappa shape index (κ2) is 9.89. The Hall–Kier alpha value is -2.12. The van der Waals surface area contributed by atoms with Gasteiger partial charge in [0, 0.05) is 24.4 Å². The monoisotopic (exact) mass is 403 g/mol. The van der Waals surface area contributed by atoms with Crippen LogP contribution in [0.5, 0.6) is 11.5 Å². The maximum absolute atomic E-state index is 12.5. The number of thiazole rings is 1. The Morgan fingerprint density at radius 2 is 2.07 bits per heavy atom. The predicted octanol–water partition coefficient (Wildman–Crippen LogP) is 3.04. The zero-order chi connectivity index (χ0) is 19.9. The normalized spacial score (nSPS) is 15.4. The van der Waals surface area contributed by atoms with Crippen LogP contribution in [0, 0.1) is 12.8 Å². The van der Waals surface area contributed by atoms with Gasteiger partial charge in [0.25, 0.3) is 0 Å². The van der Waals surface area contributed by atoms with Gasteiger partial charge in [0.05, 0.1) is 24.9 Å². The first kappa shape index (κ1) is 20.6. The van der Waals surface area contributed by atoms with Crippen LogP contribution in [0.2, 0.25) is 0 Å². The van der Waals surface area contributed by atoms with Gasteiger partial charge in [-0.25, -0.2) is 4.98 Å². The van der Waals surface area contributed by atoms with Crippen molar-refractivity contribution in [3.05, 3.63) is 39.8 Å². The van der Waals surface area contributed by atoms with Crippen molar-refractivity contribution in [2.24, 2.45) is 5.92 Å². The summed E-state index contributed by atoms with van der Waals surface area (Å²) < 4.78 is 10.7. The van der Waals surface area contributed by atoms with Crippen LogP contribution in [0.4, 0.5) is 0 Å². The molecule has 2 aromatic rings. The Morgan fingerprint density at radius 1 is 1.29 bits per heavy atom. The molecule has 1 aliphatic heterocycles. The Bertz CT molecular complexity index is 785. The number of ether oxygens (including phenoxy) is 2. The Morgan fingerprint density at radius 3 is 2.71 bits per heavy atom. The third-order valence-corrected chi connectivity index (χ3v) is 6.01. The molecule has 1 aromatic carbocycles. The molecule has 1 N–H and O–H groups in total. The first-order valence-electron chi connectivity index (χ1n) is 9.71. The van der Waals surface area contributed by atoms with Gasteiger partial charge >= 0.3 is 0 Å². The molecule has 2 heterocycles. The number of nitrogens with one attached hydrogen (secondary N) is 1. The minimum Gasteiger partial charge on any atom is -0.497 e. The number of carbonyl (C=O) groups excluding carboxylic acids is 1. The van der Waals surface area contributed by atoms with E-state index in [1.807, 2.05) is 25.1 Å². The molecule has 0 atom stereocenters. The summed E-state index contributed by atoms with van der Waals surface area (Å²) in [5, 5.41) is 6.33. The second-order valence-electron chi connectivity index (χ2n) is 7.13. The van der Waals surface area contributed by atoms with E-state index in [1.165, 1.54) is 0 Å². The number of hydrogen-bond donors (Lipinski definition) is 1. The summed E-state index contributed by atoms with van der Waals surface area (Å²) in [7, 11) is 3.31. The van der Waals surface area contributed by atoms with E-state index in [4.69, 9.17) is 9.47 Å². The average Bonchev–Trinajstić information content (AvgIpc) is 3.12. The number of carbonyl (C=O) groups is 1. The molecule has 7 heteroatoms. The standard InChI is InChI=1S/C21H29N3O3S/c1-15-23-18(14-28-15)13-24-10-7-16(8-11-24)21(25)22-9-6-17-12-19(26-2)4-5-20(17)27-3/h4-5,12,14,16H,6-11,13H2,1-3H3,(H,22,25). The van der Waals surface area contributed by atoms with Crippen LogP contribution in [-0.4, -0.2) is 49.6 Å². The molecule has 28 heavy (non-hydrogen) atoms. The lowest BCUT2D eigenvalue weighted by Gasteiger charge is -2.30. The maximum Gasteiger partial charge on any atom is 0.223 e. The van der Waals surface area contributed by atoms with Gasteiger partial charge in [-0.2, -0.15) is 0 Å². The van der Waals surface area contributed by atoms with E-state index in [0.717, 1.165) is 60.2 Å². The molecule has 1 aromatic heterocycles. The Kier molecular flexibility index (Phi) is 7.28. The van der Waals surface area contributed by atoms with E-state index in [0.29, 0.717) is 13.0 Å². The Balaban J connectivity index is 1.42. The van der Waals surface area contributed by atoms with E-state index in [2.05, 4.69) is 20.6 Å². The molecule has 1 amide bonds. The third kappa shape index (κ3) is 5.45. The molecule has 1 saturated heterocycles. The molecule has 0 spiro atoms. The molecule has 3 rings (SSSR count). The fourth-order valence-electron chi connectivity index (χ4n) is 3.61. The van der Waals surface area contributed by atoms with Crippen LogP contribution >= 0.6 is 11.3 Å². The maximum atomic E-state index is 12.5. The van der Waals surface area contributed by atoms with Crippen molar-refractivity contribution in [1.29, 1.82) is 0 Å². The van der Waals surface area contributed by atoms with E-state index in [-0.39, 0.29) is 11.8 Å². The second-order valence-corrected chi connectivity index (χ2v) is 8.19. The summed E-state index contributed by atoms with van der Waals surface area (Å²) in [6.07, 6.45) is 2.52. The zero-order valence-corrected chi connectivity index (χ0v) is 17.7. The lowest BCUT2D eigenvalue weighted by molar-refractivity contribution is -0.126. The molecular formula is C21H29N3O3S. The van der Waals surface area contributed by atoms with Crippen molar-refractivity contribution >= 4 is 17.2 Å². The van der Waals surface area contributed by atoms with Crippen LogP contribution in [0.3, 0.4) is 0 Å². The summed E-state index contributed by atoms with van der Waals surface area (Å²) in [5.41, 5.74) is 2.17. The molecule has 6 nitrogen and oxygen atoms in total. The van der Waals surface area contributed by atoms with Gasteiger partial charge in [-0.05, 0) is 63.0 Å². The molecule has 0 unspecified atom stereocenters. The molecule has 0 saturated carbocycles. The van der Waals surface area contributed by atoms with Gasteiger partial charge in [0.2, 0.25) is 5.91 Å².